The Morgan fingerprint density at radius 2 is 2.14 bits per heavy atom. The van der Waals surface area contributed by atoms with Crippen molar-refractivity contribution >= 4 is 23.4 Å². The summed E-state index contributed by atoms with van der Waals surface area (Å²) in [6, 6.07) is 3.59. The van der Waals surface area contributed by atoms with Crippen molar-refractivity contribution in [3.05, 3.63) is 29.7 Å². The van der Waals surface area contributed by atoms with Crippen LogP contribution in [0.2, 0.25) is 5.15 Å². The Balaban J connectivity index is 1.60. The molecule has 0 saturated heterocycles. The van der Waals surface area contributed by atoms with Gasteiger partial charge in [0.15, 0.2) is 0 Å². The molecule has 3 aromatic heterocycles. The zero-order valence-corrected chi connectivity index (χ0v) is 12.7. The van der Waals surface area contributed by atoms with Crippen LogP contribution in [-0.2, 0) is 13.6 Å². The number of aromatic nitrogens is 8. The molecule has 10 heteroatoms. The van der Waals surface area contributed by atoms with Crippen LogP contribution < -0.4 is 0 Å². The first kappa shape index (κ1) is 14.0. The van der Waals surface area contributed by atoms with Crippen molar-refractivity contribution in [1.29, 1.82) is 0 Å². The summed E-state index contributed by atoms with van der Waals surface area (Å²) in [6.45, 7) is 0.714. The van der Waals surface area contributed by atoms with E-state index in [2.05, 4.69) is 30.8 Å². The lowest BCUT2D eigenvalue weighted by Crippen LogP contribution is -2.02. The minimum Gasteiger partial charge on any atom is -0.251 e. The quantitative estimate of drug-likeness (QED) is 0.517. The Morgan fingerprint density at radius 3 is 2.86 bits per heavy atom. The van der Waals surface area contributed by atoms with Crippen molar-refractivity contribution in [2.75, 3.05) is 5.75 Å². The molecule has 0 saturated carbocycles. The molecule has 0 aromatic carbocycles. The maximum atomic E-state index is 5.76. The lowest BCUT2D eigenvalue weighted by molar-refractivity contribution is 0.629. The van der Waals surface area contributed by atoms with Crippen molar-refractivity contribution in [2.45, 2.75) is 11.7 Å². The Hall–Kier alpha value is -2.00. The van der Waals surface area contributed by atoms with E-state index in [1.807, 2.05) is 19.3 Å². The van der Waals surface area contributed by atoms with E-state index >= 15 is 0 Å². The first-order valence-electron chi connectivity index (χ1n) is 6.09. The second kappa shape index (κ2) is 6.19. The number of halogens is 1. The molecule has 0 aliphatic heterocycles. The second-order valence-corrected chi connectivity index (χ2v) is 5.62. The number of nitrogens with zero attached hydrogens (tertiary/aromatic N) is 8. The number of thioether (sulfide) groups is 1. The highest BCUT2D eigenvalue weighted by Gasteiger charge is 2.06. The van der Waals surface area contributed by atoms with Gasteiger partial charge >= 0.3 is 0 Å². The van der Waals surface area contributed by atoms with Gasteiger partial charge in [0, 0.05) is 24.6 Å². The molecule has 0 radical (unpaired) electrons. The van der Waals surface area contributed by atoms with Crippen LogP contribution in [0.4, 0.5) is 0 Å². The molecule has 3 rings (SSSR count). The Labute approximate surface area is 129 Å². The van der Waals surface area contributed by atoms with Crippen LogP contribution in [0.1, 0.15) is 0 Å². The van der Waals surface area contributed by atoms with Gasteiger partial charge < -0.3 is 0 Å². The van der Waals surface area contributed by atoms with Crippen LogP contribution in [0, 0.1) is 0 Å². The van der Waals surface area contributed by atoms with Gasteiger partial charge in [-0.1, -0.05) is 28.6 Å². The predicted molar refractivity (Wildman–Crippen MR) is 77.8 cm³/mol. The molecule has 0 N–H and O–H groups in total. The number of hydrogen-bond donors (Lipinski definition) is 0. The van der Waals surface area contributed by atoms with E-state index in [1.54, 1.807) is 33.4 Å². The molecule has 0 unspecified atom stereocenters. The standard InChI is InChI=1S/C11H11ClN8S/c1-19-11(15-16-18-19)21-5-4-20-7-9(14-17-20)8-2-3-10(12)13-6-8/h2-3,6-7H,4-5H2,1H3. The van der Waals surface area contributed by atoms with Gasteiger partial charge in [0.25, 0.3) is 0 Å². The van der Waals surface area contributed by atoms with Crippen LogP contribution >= 0.6 is 23.4 Å². The van der Waals surface area contributed by atoms with Crippen molar-refractivity contribution < 1.29 is 0 Å². The van der Waals surface area contributed by atoms with E-state index in [4.69, 9.17) is 11.6 Å². The van der Waals surface area contributed by atoms with Gasteiger partial charge in [0.05, 0.1) is 12.7 Å². The Morgan fingerprint density at radius 1 is 1.24 bits per heavy atom. The summed E-state index contributed by atoms with van der Waals surface area (Å²) in [5, 5.41) is 20.7. The molecule has 0 fully saturated rings. The highest BCUT2D eigenvalue weighted by Crippen LogP contribution is 2.17. The Kier molecular flexibility index (Phi) is 4.11. The van der Waals surface area contributed by atoms with Crippen molar-refractivity contribution in [1.82, 2.24) is 40.2 Å². The largest absolute Gasteiger partial charge is 0.251 e. The first-order chi connectivity index (χ1) is 10.2. The lowest BCUT2D eigenvalue weighted by atomic mass is 10.2. The zero-order valence-electron chi connectivity index (χ0n) is 11.1. The van der Waals surface area contributed by atoms with Crippen LogP contribution in [-0.4, -0.2) is 45.9 Å². The van der Waals surface area contributed by atoms with Crippen LogP contribution in [0.5, 0.6) is 0 Å². The molecular formula is C11H11ClN8S. The van der Waals surface area contributed by atoms with E-state index < -0.39 is 0 Å². The van der Waals surface area contributed by atoms with Gasteiger partial charge in [-0.2, -0.15) is 0 Å². The molecule has 0 amide bonds. The summed E-state index contributed by atoms with van der Waals surface area (Å²) in [5.74, 6) is 0.801. The minimum absolute atomic E-state index is 0.458. The fourth-order valence-electron chi connectivity index (χ4n) is 1.64. The number of pyridine rings is 1. The number of aryl methyl sites for hydroxylation is 2. The smallest absolute Gasteiger partial charge is 0.209 e. The fraction of sp³-hybridized carbons (Fsp3) is 0.273. The van der Waals surface area contributed by atoms with Gasteiger partial charge in [0.1, 0.15) is 10.8 Å². The number of hydrogen-bond acceptors (Lipinski definition) is 7. The topological polar surface area (TPSA) is 87.2 Å². The monoisotopic (exact) mass is 322 g/mol. The molecule has 108 valence electrons. The third kappa shape index (κ3) is 3.37. The molecule has 3 heterocycles. The second-order valence-electron chi connectivity index (χ2n) is 4.17. The molecule has 0 spiro atoms. The van der Waals surface area contributed by atoms with Gasteiger partial charge in [-0.15, -0.1) is 10.2 Å². The van der Waals surface area contributed by atoms with Crippen LogP contribution in [0.25, 0.3) is 11.3 Å². The summed E-state index contributed by atoms with van der Waals surface area (Å²) < 4.78 is 3.41. The molecule has 8 nitrogen and oxygen atoms in total. The molecule has 0 atom stereocenters. The number of tetrazole rings is 1. The average Bonchev–Trinajstić information content (AvgIpc) is 3.10. The maximum absolute atomic E-state index is 5.76. The maximum Gasteiger partial charge on any atom is 0.209 e. The van der Waals surface area contributed by atoms with Gasteiger partial charge in [-0.05, 0) is 22.6 Å². The summed E-state index contributed by atoms with van der Waals surface area (Å²) in [7, 11) is 1.81. The van der Waals surface area contributed by atoms with Gasteiger partial charge in [-0.25, -0.2) is 9.67 Å². The molecular weight excluding hydrogens is 312 g/mol. The SMILES string of the molecule is Cn1nnnc1SCCn1cc(-c2ccc(Cl)nc2)nn1. The van der Waals surface area contributed by atoms with Crippen LogP contribution in [0.3, 0.4) is 0 Å². The van der Waals surface area contributed by atoms with Crippen molar-refractivity contribution in [3.8, 4) is 11.3 Å². The van der Waals surface area contributed by atoms with E-state index in [0.29, 0.717) is 11.7 Å². The van der Waals surface area contributed by atoms with Crippen molar-refractivity contribution in [2.24, 2.45) is 7.05 Å². The molecule has 3 aromatic rings. The van der Waals surface area contributed by atoms with E-state index in [-0.39, 0.29) is 0 Å². The lowest BCUT2D eigenvalue weighted by Gasteiger charge is -1.99. The van der Waals surface area contributed by atoms with Gasteiger partial charge in [-0.3, -0.25) is 4.68 Å². The van der Waals surface area contributed by atoms with Gasteiger partial charge in [0.2, 0.25) is 5.16 Å². The van der Waals surface area contributed by atoms with Crippen LogP contribution in [0.15, 0.2) is 29.7 Å². The summed E-state index contributed by atoms with van der Waals surface area (Å²) in [6.07, 6.45) is 3.55. The molecule has 21 heavy (non-hydrogen) atoms. The summed E-state index contributed by atoms with van der Waals surface area (Å²) in [5.41, 5.74) is 1.65. The molecule has 0 bridgehead atoms. The van der Waals surface area contributed by atoms with Crippen molar-refractivity contribution in [3.63, 3.8) is 0 Å². The van der Waals surface area contributed by atoms with E-state index in [1.165, 1.54) is 0 Å². The average molecular weight is 323 g/mol. The van der Waals surface area contributed by atoms with E-state index in [0.717, 1.165) is 22.2 Å². The Bertz CT molecular complexity index is 722. The summed E-state index contributed by atoms with van der Waals surface area (Å²) >= 11 is 7.33. The zero-order chi connectivity index (χ0) is 14.7. The third-order valence-corrected chi connectivity index (χ3v) is 3.91. The van der Waals surface area contributed by atoms with E-state index in [9.17, 15) is 0 Å². The minimum atomic E-state index is 0.458. The number of rotatable bonds is 5. The fourth-order valence-corrected chi connectivity index (χ4v) is 2.53. The third-order valence-electron chi connectivity index (χ3n) is 2.69. The highest BCUT2D eigenvalue weighted by molar-refractivity contribution is 7.99. The predicted octanol–water partition coefficient (Wildman–Crippen LogP) is 1.31. The normalized spacial score (nSPS) is 11.0. The summed E-state index contributed by atoms with van der Waals surface area (Å²) in [4.78, 5) is 4.03. The molecule has 0 aliphatic carbocycles. The first-order valence-corrected chi connectivity index (χ1v) is 7.46. The highest BCUT2D eigenvalue weighted by atomic mass is 35.5. The molecule has 0 aliphatic rings.